The highest BCUT2D eigenvalue weighted by Gasteiger charge is 2.22. The standard InChI is InChI=1S/C14H19N3O3S/c1-11(18)12-4-6-13(7-5-12)21(19,20)17(3)10-14-15-8-9-16(14)2/h4-9,11,18H,10H2,1-3H3. The van der Waals surface area contributed by atoms with Crippen molar-refractivity contribution >= 4 is 10.0 Å². The monoisotopic (exact) mass is 309 g/mol. The van der Waals surface area contributed by atoms with Crippen molar-refractivity contribution in [3.63, 3.8) is 0 Å². The molecule has 6 nitrogen and oxygen atoms in total. The highest BCUT2D eigenvalue weighted by molar-refractivity contribution is 7.89. The van der Waals surface area contributed by atoms with Crippen LogP contribution >= 0.6 is 0 Å². The summed E-state index contributed by atoms with van der Waals surface area (Å²) in [5.74, 6) is 0.668. The van der Waals surface area contributed by atoms with E-state index < -0.39 is 16.1 Å². The highest BCUT2D eigenvalue weighted by Crippen LogP contribution is 2.19. The Morgan fingerprint density at radius 3 is 2.43 bits per heavy atom. The van der Waals surface area contributed by atoms with Crippen LogP contribution in [0.2, 0.25) is 0 Å². The molecule has 0 bridgehead atoms. The van der Waals surface area contributed by atoms with Crippen molar-refractivity contribution in [1.29, 1.82) is 0 Å². The number of benzene rings is 1. The van der Waals surface area contributed by atoms with Gasteiger partial charge in [-0.05, 0) is 24.6 Å². The average Bonchev–Trinajstić information content (AvgIpc) is 2.84. The molecule has 0 aliphatic heterocycles. The van der Waals surface area contributed by atoms with Crippen molar-refractivity contribution in [2.75, 3.05) is 7.05 Å². The number of aliphatic hydroxyl groups is 1. The summed E-state index contributed by atoms with van der Waals surface area (Å²) in [7, 11) is -0.236. The Hall–Kier alpha value is -1.70. The Bertz CT molecular complexity index is 705. The minimum atomic E-state index is -3.58. The number of nitrogens with zero attached hydrogens (tertiary/aromatic N) is 3. The van der Waals surface area contributed by atoms with Crippen molar-refractivity contribution in [3.8, 4) is 0 Å². The summed E-state index contributed by atoms with van der Waals surface area (Å²) in [6.07, 6.45) is 2.78. The summed E-state index contributed by atoms with van der Waals surface area (Å²) >= 11 is 0. The molecule has 0 aliphatic carbocycles. The van der Waals surface area contributed by atoms with Crippen LogP contribution in [0.5, 0.6) is 0 Å². The first kappa shape index (κ1) is 15.7. The van der Waals surface area contributed by atoms with Crippen LogP contribution in [0.3, 0.4) is 0 Å². The summed E-state index contributed by atoms with van der Waals surface area (Å²) in [6.45, 7) is 1.83. The van der Waals surface area contributed by atoms with Crippen molar-refractivity contribution in [3.05, 3.63) is 48.0 Å². The van der Waals surface area contributed by atoms with E-state index in [2.05, 4.69) is 4.98 Å². The zero-order valence-electron chi connectivity index (χ0n) is 12.3. The summed E-state index contributed by atoms with van der Waals surface area (Å²) in [5, 5.41) is 9.46. The van der Waals surface area contributed by atoms with Gasteiger partial charge in [0.1, 0.15) is 5.82 Å². The van der Waals surface area contributed by atoms with Crippen LogP contribution in [0.15, 0.2) is 41.6 Å². The van der Waals surface area contributed by atoms with E-state index in [0.29, 0.717) is 11.4 Å². The molecule has 0 radical (unpaired) electrons. The van der Waals surface area contributed by atoms with E-state index in [4.69, 9.17) is 0 Å². The Morgan fingerprint density at radius 2 is 1.95 bits per heavy atom. The molecule has 0 aliphatic rings. The number of aromatic nitrogens is 2. The smallest absolute Gasteiger partial charge is 0.243 e. The molecular formula is C14H19N3O3S. The van der Waals surface area contributed by atoms with E-state index in [-0.39, 0.29) is 11.4 Å². The Morgan fingerprint density at radius 1 is 1.33 bits per heavy atom. The maximum Gasteiger partial charge on any atom is 0.243 e. The number of aliphatic hydroxyl groups excluding tert-OH is 1. The molecule has 1 aromatic carbocycles. The largest absolute Gasteiger partial charge is 0.389 e. The molecule has 1 unspecified atom stereocenters. The van der Waals surface area contributed by atoms with E-state index in [1.807, 2.05) is 7.05 Å². The molecule has 114 valence electrons. The van der Waals surface area contributed by atoms with E-state index in [0.717, 1.165) is 0 Å². The summed E-state index contributed by atoms with van der Waals surface area (Å²) < 4.78 is 28.0. The fraction of sp³-hybridized carbons (Fsp3) is 0.357. The van der Waals surface area contributed by atoms with Crippen LogP contribution in [0.1, 0.15) is 24.4 Å². The van der Waals surface area contributed by atoms with E-state index in [1.165, 1.54) is 23.5 Å². The van der Waals surface area contributed by atoms with Crippen molar-refractivity contribution in [2.45, 2.75) is 24.5 Å². The number of imidazole rings is 1. The second-order valence-electron chi connectivity index (χ2n) is 4.96. The fourth-order valence-electron chi connectivity index (χ4n) is 1.93. The van der Waals surface area contributed by atoms with E-state index in [1.54, 1.807) is 36.0 Å². The molecule has 21 heavy (non-hydrogen) atoms. The van der Waals surface area contributed by atoms with Gasteiger partial charge in [0, 0.05) is 26.5 Å². The third kappa shape index (κ3) is 3.31. The Balaban J connectivity index is 2.22. The normalized spacial score (nSPS) is 13.6. The molecule has 0 saturated carbocycles. The molecule has 0 fully saturated rings. The molecule has 0 saturated heterocycles. The van der Waals surface area contributed by atoms with Gasteiger partial charge in [-0.2, -0.15) is 4.31 Å². The minimum Gasteiger partial charge on any atom is -0.389 e. The number of hydrogen-bond donors (Lipinski definition) is 1. The predicted molar refractivity (Wildman–Crippen MR) is 78.9 cm³/mol. The molecule has 7 heteroatoms. The van der Waals surface area contributed by atoms with Crippen molar-refractivity contribution in [1.82, 2.24) is 13.9 Å². The first-order chi connectivity index (χ1) is 9.82. The van der Waals surface area contributed by atoms with Crippen LogP contribution in [0, 0.1) is 0 Å². The zero-order chi connectivity index (χ0) is 15.6. The van der Waals surface area contributed by atoms with Crippen LogP contribution in [-0.4, -0.2) is 34.4 Å². The van der Waals surface area contributed by atoms with E-state index >= 15 is 0 Å². The summed E-state index contributed by atoms with van der Waals surface area (Å²) in [4.78, 5) is 4.32. The topological polar surface area (TPSA) is 75.4 Å². The van der Waals surface area contributed by atoms with Gasteiger partial charge >= 0.3 is 0 Å². The third-order valence-corrected chi connectivity index (χ3v) is 5.17. The second kappa shape index (κ2) is 5.97. The SMILES string of the molecule is CC(O)c1ccc(S(=O)(=O)N(C)Cc2nccn2C)cc1. The van der Waals surface area contributed by atoms with Gasteiger partial charge in [0.25, 0.3) is 0 Å². The molecular weight excluding hydrogens is 290 g/mol. The molecule has 2 aromatic rings. The van der Waals surface area contributed by atoms with Crippen LogP contribution in [0.25, 0.3) is 0 Å². The fourth-order valence-corrected chi connectivity index (χ4v) is 3.06. The number of sulfonamides is 1. The van der Waals surface area contributed by atoms with Gasteiger partial charge in [0.15, 0.2) is 0 Å². The van der Waals surface area contributed by atoms with Crippen molar-refractivity contribution in [2.24, 2.45) is 7.05 Å². The molecule has 1 aromatic heterocycles. The number of rotatable bonds is 5. The quantitative estimate of drug-likeness (QED) is 0.903. The Kier molecular flexibility index (Phi) is 4.46. The van der Waals surface area contributed by atoms with Crippen LogP contribution < -0.4 is 0 Å². The molecule has 1 N–H and O–H groups in total. The van der Waals surface area contributed by atoms with Gasteiger partial charge in [0.2, 0.25) is 10.0 Å². The molecule has 0 spiro atoms. The first-order valence-electron chi connectivity index (χ1n) is 6.53. The molecule has 0 amide bonds. The lowest BCUT2D eigenvalue weighted by Crippen LogP contribution is -2.27. The average molecular weight is 309 g/mol. The minimum absolute atomic E-state index is 0.198. The summed E-state index contributed by atoms with van der Waals surface area (Å²) in [5.41, 5.74) is 0.681. The number of aryl methyl sites for hydroxylation is 1. The van der Waals surface area contributed by atoms with Gasteiger partial charge in [-0.3, -0.25) is 0 Å². The third-order valence-electron chi connectivity index (χ3n) is 3.36. The number of hydrogen-bond acceptors (Lipinski definition) is 4. The Labute approximate surface area is 124 Å². The van der Waals surface area contributed by atoms with Crippen LogP contribution in [0.4, 0.5) is 0 Å². The van der Waals surface area contributed by atoms with Gasteiger partial charge in [-0.25, -0.2) is 13.4 Å². The van der Waals surface area contributed by atoms with Gasteiger partial charge in [-0.15, -0.1) is 0 Å². The molecule has 2 rings (SSSR count). The maximum absolute atomic E-state index is 12.5. The van der Waals surface area contributed by atoms with Crippen LogP contribution in [-0.2, 0) is 23.6 Å². The first-order valence-corrected chi connectivity index (χ1v) is 7.97. The maximum atomic E-state index is 12.5. The highest BCUT2D eigenvalue weighted by atomic mass is 32.2. The van der Waals surface area contributed by atoms with Gasteiger partial charge in [0.05, 0.1) is 17.5 Å². The molecule has 1 heterocycles. The van der Waals surface area contributed by atoms with Gasteiger partial charge < -0.3 is 9.67 Å². The van der Waals surface area contributed by atoms with E-state index in [9.17, 15) is 13.5 Å². The lowest BCUT2D eigenvalue weighted by Gasteiger charge is -2.17. The lowest BCUT2D eigenvalue weighted by atomic mass is 10.1. The second-order valence-corrected chi connectivity index (χ2v) is 7.01. The zero-order valence-corrected chi connectivity index (χ0v) is 13.1. The molecule has 1 atom stereocenters. The summed E-state index contributed by atoms with van der Waals surface area (Å²) in [6, 6.07) is 6.25. The van der Waals surface area contributed by atoms with Gasteiger partial charge in [-0.1, -0.05) is 12.1 Å². The predicted octanol–water partition coefficient (Wildman–Crippen LogP) is 1.29. The van der Waals surface area contributed by atoms with Crippen molar-refractivity contribution < 1.29 is 13.5 Å². The lowest BCUT2D eigenvalue weighted by molar-refractivity contribution is 0.199.